The Hall–Kier alpha value is -2.32. The molecule has 0 aliphatic rings. The summed E-state index contributed by atoms with van der Waals surface area (Å²) >= 11 is 0. The number of amides is 1. The van der Waals surface area contributed by atoms with Gasteiger partial charge in [-0.05, 0) is 18.2 Å². The van der Waals surface area contributed by atoms with Crippen LogP contribution < -0.4 is 10.5 Å². The average molecular weight is 295 g/mol. The van der Waals surface area contributed by atoms with Gasteiger partial charge in [0.1, 0.15) is 10.7 Å². The fourth-order valence-corrected chi connectivity index (χ4v) is 2.24. The summed E-state index contributed by atoms with van der Waals surface area (Å²) in [5, 5.41) is 7.40. The van der Waals surface area contributed by atoms with Gasteiger partial charge in [-0.2, -0.15) is 0 Å². The summed E-state index contributed by atoms with van der Waals surface area (Å²) in [6.07, 6.45) is 2.12. The number of benzene rings is 1. The highest BCUT2D eigenvalue weighted by molar-refractivity contribution is 7.89. The van der Waals surface area contributed by atoms with E-state index >= 15 is 0 Å². The molecule has 0 radical (unpaired) electrons. The standard InChI is InChI=1S/C12H10FN3O3S/c13-9-5-8(6-15-7-9)12(17)16-10-3-1-2-4-11(10)20(14,18)19/h1-7H,(H,16,17)(H2,14,18,19). The monoisotopic (exact) mass is 295 g/mol. The summed E-state index contributed by atoms with van der Waals surface area (Å²) < 4.78 is 35.7. The third-order valence-corrected chi connectivity index (χ3v) is 3.38. The SMILES string of the molecule is NS(=O)(=O)c1ccccc1NC(=O)c1cncc(F)c1. The molecule has 1 aromatic carbocycles. The van der Waals surface area contributed by atoms with E-state index in [0.29, 0.717) is 0 Å². The molecule has 0 unspecified atom stereocenters. The number of hydrogen-bond acceptors (Lipinski definition) is 4. The Bertz CT molecular complexity index is 762. The van der Waals surface area contributed by atoms with Crippen LogP contribution in [0.3, 0.4) is 0 Å². The van der Waals surface area contributed by atoms with Gasteiger partial charge in [0.15, 0.2) is 0 Å². The van der Waals surface area contributed by atoms with E-state index in [0.717, 1.165) is 18.5 Å². The second-order valence-electron chi connectivity index (χ2n) is 3.89. The van der Waals surface area contributed by atoms with Gasteiger partial charge in [0.05, 0.1) is 17.4 Å². The molecule has 0 saturated carbocycles. The van der Waals surface area contributed by atoms with E-state index < -0.39 is 21.7 Å². The van der Waals surface area contributed by atoms with Crippen molar-refractivity contribution in [2.24, 2.45) is 5.14 Å². The van der Waals surface area contributed by atoms with Gasteiger partial charge in [-0.1, -0.05) is 12.1 Å². The lowest BCUT2D eigenvalue weighted by atomic mass is 10.2. The van der Waals surface area contributed by atoms with Crippen LogP contribution in [0.5, 0.6) is 0 Å². The number of anilines is 1. The summed E-state index contributed by atoms with van der Waals surface area (Å²) in [6, 6.07) is 6.63. The summed E-state index contributed by atoms with van der Waals surface area (Å²) in [6.45, 7) is 0. The second-order valence-corrected chi connectivity index (χ2v) is 5.42. The smallest absolute Gasteiger partial charge is 0.257 e. The van der Waals surface area contributed by atoms with Crippen LogP contribution in [0.15, 0.2) is 47.6 Å². The Morgan fingerprint density at radius 2 is 1.95 bits per heavy atom. The number of para-hydroxylation sites is 1. The third kappa shape index (κ3) is 3.16. The van der Waals surface area contributed by atoms with Crippen LogP contribution in [0.25, 0.3) is 0 Å². The van der Waals surface area contributed by atoms with Crippen molar-refractivity contribution in [3.63, 3.8) is 0 Å². The van der Waals surface area contributed by atoms with Crippen LogP contribution in [-0.2, 0) is 10.0 Å². The van der Waals surface area contributed by atoms with Crippen LogP contribution in [0.1, 0.15) is 10.4 Å². The van der Waals surface area contributed by atoms with Crippen LogP contribution >= 0.6 is 0 Å². The minimum atomic E-state index is -3.97. The Kier molecular flexibility index (Phi) is 3.77. The zero-order valence-corrected chi connectivity index (χ0v) is 10.9. The van der Waals surface area contributed by atoms with Gasteiger partial charge < -0.3 is 5.32 Å². The zero-order chi connectivity index (χ0) is 14.8. The maximum atomic E-state index is 13.0. The molecule has 3 N–H and O–H groups in total. The summed E-state index contributed by atoms with van der Waals surface area (Å²) in [5.41, 5.74) is -0.0153. The van der Waals surface area contributed by atoms with E-state index in [-0.39, 0.29) is 16.1 Å². The fraction of sp³-hybridized carbons (Fsp3) is 0. The van der Waals surface area contributed by atoms with Gasteiger partial charge in [0.25, 0.3) is 5.91 Å². The van der Waals surface area contributed by atoms with Crippen molar-refractivity contribution in [1.29, 1.82) is 0 Å². The largest absolute Gasteiger partial charge is 0.321 e. The number of nitrogens with two attached hydrogens (primary N) is 1. The van der Waals surface area contributed by atoms with E-state index in [1.165, 1.54) is 24.3 Å². The van der Waals surface area contributed by atoms with Gasteiger partial charge in [0, 0.05) is 6.20 Å². The third-order valence-electron chi connectivity index (χ3n) is 2.41. The van der Waals surface area contributed by atoms with Crippen LogP contribution in [0.4, 0.5) is 10.1 Å². The van der Waals surface area contributed by atoms with Crippen molar-refractivity contribution in [2.75, 3.05) is 5.32 Å². The Balaban J connectivity index is 2.34. The number of halogens is 1. The average Bonchev–Trinajstić information content (AvgIpc) is 2.38. The lowest BCUT2D eigenvalue weighted by molar-refractivity contribution is 0.102. The van der Waals surface area contributed by atoms with Crippen molar-refractivity contribution < 1.29 is 17.6 Å². The molecule has 20 heavy (non-hydrogen) atoms. The molecule has 1 heterocycles. The number of pyridine rings is 1. The molecule has 2 rings (SSSR count). The van der Waals surface area contributed by atoms with Gasteiger partial charge in [-0.3, -0.25) is 9.78 Å². The van der Waals surface area contributed by atoms with Gasteiger partial charge in [-0.15, -0.1) is 0 Å². The minimum absolute atomic E-state index is 0.0178. The number of carbonyl (C=O) groups is 1. The summed E-state index contributed by atoms with van der Waals surface area (Å²) in [4.78, 5) is 15.2. The number of hydrogen-bond donors (Lipinski definition) is 2. The number of sulfonamides is 1. The normalized spacial score (nSPS) is 11.1. The molecule has 0 fully saturated rings. The zero-order valence-electron chi connectivity index (χ0n) is 10.1. The Morgan fingerprint density at radius 3 is 2.60 bits per heavy atom. The molecule has 0 spiro atoms. The fourth-order valence-electron chi connectivity index (χ4n) is 1.55. The maximum Gasteiger partial charge on any atom is 0.257 e. The van der Waals surface area contributed by atoms with Crippen molar-refractivity contribution in [1.82, 2.24) is 4.98 Å². The lowest BCUT2D eigenvalue weighted by Gasteiger charge is -2.09. The molecule has 0 saturated heterocycles. The van der Waals surface area contributed by atoms with Gasteiger partial charge >= 0.3 is 0 Å². The van der Waals surface area contributed by atoms with E-state index in [1.54, 1.807) is 0 Å². The molecule has 0 aliphatic heterocycles. The number of nitrogens with one attached hydrogen (secondary N) is 1. The van der Waals surface area contributed by atoms with E-state index in [2.05, 4.69) is 10.3 Å². The van der Waals surface area contributed by atoms with Crippen molar-refractivity contribution in [2.45, 2.75) is 4.90 Å². The summed E-state index contributed by atoms with van der Waals surface area (Å²) in [5.74, 6) is -1.36. The van der Waals surface area contributed by atoms with Crippen LogP contribution in [-0.4, -0.2) is 19.3 Å². The Morgan fingerprint density at radius 1 is 1.25 bits per heavy atom. The first-order valence-corrected chi connectivity index (χ1v) is 6.96. The van der Waals surface area contributed by atoms with Gasteiger partial charge in [0.2, 0.25) is 10.0 Å². The molecule has 8 heteroatoms. The van der Waals surface area contributed by atoms with E-state index in [1.807, 2.05) is 0 Å². The quantitative estimate of drug-likeness (QED) is 0.885. The first-order chi connectivity index (χ1) is 9.38. The minimum Gasteiger partial charge on any atom is -0.321 e. The number of carbonyl (C=O) groups excluding carboxylic acids is 1. The molecule has 0 aliphatic carbocycles. The predicted molar refractivity (Wildman–Crippen MR) is 70.0 cm³/mol. The molecule has 1 aromatic heterocycles. The molecule has 104 valence electrons. The highest BCUT2D eigenvalue weighted by Gasteiger charge is 2.16. The number of aromatic nitrogens is 1. The molecular weight excluding hydrogens is 285 g/mol. The molecule has 0 atom stereocenters. The molecule has 6 nitrogen and oxygen atoms in total. The number of rotatable bonds is 3. The number of primary sulfonamides is 1. The van der Waals surface area contributed by atoms with Crippen molar-refractivity contribution in [3.8, 4) is 0 Å². The highest BCUT2D eigenvalue weighted by Crippen LogP contribution is 2.20. The maximum absolute atomic E-state index is 13.0. The molecular formula is C12H10FN3O3S. The van der Waals surface area contributed by atoms with Gasteiger partial charge in [-0.25, -0.2) is 17.9 Å². The molecule has 0 bridgehead atoms. The van der Waals surface area contributed by atoms with Crippen molar-refractivity contribution >= 4 is 21.6 Å². The topological polar surface area (TPSA) is 102 Å². The van der Waals surface area contributed by atoms with Crippen LogP contribution in [0, 0.1) is 5.82 Å². The van der Waals surface area contributed by atoms with E-state index in [9.17, 15) is 17.6 Å². The summed E-state index contributed by atoms with van der Waals surface area (Å²) in [7, 11) is -3.97. The predicted octanol–water partition coefficient (Wildman–Crippen LogP) is 1.12. The highest BCUT2D eigenvalue weighted by atomic mass is 32.2. The van der Waals surface area contributed by atoms with Crippen molar-refractivity contribution in [3.05, 3.63) is 54.1 Å². The molecule has 1 amide bonds. The second kappa shape index (κ2) is 5.35. The first-order valence-electron chi connectivity index (χ1n) is 5.41. The first kappa shape index (κ1) is 14.1. The Labute approximate surface area is 114 Å². The number of nitrogens with zero attached hydrogens (tertiary/aromatic N) is 1. The van der Waals surface area contributed by atoms with Crippen LogP contribution in [0.2, 0.25) is 0 Å². The lowest BCUT2D eigenvalue weighted by Crippen LogP contribution is -2.18. The molecule has 2 aromatic rings. The van der Waals surface area contributed by atoms with E-state index in [4.69, 9.17) is 5.14 Å².